The van der Waals surface area contributed by atoms with Crippen LogP contribution < -0.4 is 4.74 Å². The summed E-state index contributed by atoms with van der Waals surface area (Å²) in [6, 6.07) is 18.1. The normalized spacial score (nSPS) is 14.2. The van der Waals surface area contributed by atoms with E-state index >= 15 is 0 Å². The predicted octanol–water partition coefficient (Wildman–Crippen LogP) is 2.75. The Hall–Kier alpha value is -3.12. The average Bonchev–Trinajstić information content (AvgIpc) is 2.74. The minimum Gasteiger partial charge on any atom is -0.497 e. The molecule has 1 amide bonds. The van der Waals surface area contributed by atoms with Crippen molar-refractivity contribution >= 4 is 18.5 Å². The summed E-state index contributed by atoms with van der Waals surface area (Å²) in [5.41, 5.74) is 2.32. The van der Waals surface area contributed by atoms with Gasteiger partial charge < -0.3 is 14.7 Å². The Morgan fingerprint density at radius 3 is 2.21 bits per heavy atom. The number of piperazine rings is 1. The number of carboxylic acid groups (broad SMARTS) is 1. The van der Waals surface area contributed by atoms with Crippen molar-refractivity contribution in [3.05, 3.63) is 71.8 Å². The number of benzene rings is 2. The summed E-state index contributed by atoms with van der Waals surface area (Å²) in [6.45, 7) is 4.00. The van der Waals surface area contributed by atoms with E-state index in [1.165, 1.54) is 5.56 Å². The predicted molar refractivity (Wildman–Crippen MR) is 109 cm³/mol. The number of hydrogen-bond donors (Lipinski definition) is 1. The van der Waals surface area contributed by atoms with Gasteiger partial charge in [0.2, 0.25) is 5.91 Å². The SMILES string of the molecule is COc1ccc(CN2CCN(C(=O)/C=C/c3ccccc3)CC2)cc1.O=CO. The van der Waals surface area contributed by atoms with Gasteiger partial charge in [0.1, 0.15) is 5.75 Å². The van der Waals surface area contributed by atoms with Crippen molar-refractivity contribution in [1.82, 2.24) is 9.80 Å². The first-order valence-corrected chi connectivity index (χ1v) is 9.11. The van der Waals surface area contributed by atoms with Gasteiger partial charge in [0.25, 0.3) is 6.47 Å². The van der Waals surface area contributed by atoms with Crippen LogP contribution in [0.2, 0.25) is 0 Å². The molecule has 0 radical (unpaired) electrons. The molecule has 0 spiro atoms. The van der Waals surface area contributed by atoms with Gasteiger partial charge in [-0.25, -0.2) is 0 Å². The Labute approximate surface area is 165 Å². The maximum atomic E-state index is 12.3. The zero-order valence-corrected chi connectivity index (χ0v) is 16.0. The van der Waals surface area contributed by atoms with Crippen molar-refractivity contribution in [2.45, 2.75) is 6.54 Å². The van der Waals surface area contributed by atoms with E-state index in [0.29, 0.717) is 0 Å². The number of ether oxygens (including phenoxy) is 1. The Morgan fingerprint density at radius 2 is 1.64 bits per heavy atom. The van der Waals surface area contributed by atoms with Gasteiger partial charge in [-0.05, 0) is 29.3 Å². The maximum Gasteiger partial charge on any atom is 0.290 e. The highest BCUT2D eigenvalue weighted by Crippen LogP contribution is 2.14. The molecule has 1 aliphatic rings. The van der Waals surface area contributed by atoms with Crippen LogP contribution in [-0.2, 0) is 16.1 Å². The van der Waals surface area contributed by atoms with Gasteiger partial charge in [0.15, 0.2) is 0 Å². The van der Waals surface area contributed by atoms with Gasteiger partial charge in [-0.3, -0.25) is 14.5 Å². The lowest BCUT2D eigenvalue weighted by Crippen LogP contribution is -2.47. The first-order chi connectivity index (χ1) is 13.7. The maximum absolute atomic E-state index is 12.3. The zero-order chi connectivity index (χ0) is 20.2. The Morgan fingerprint density at radius 1 is 1.04 bits per heavy atom. The quantitative estimate of drug-likeness (QED) is 0.636. The second-order valence-corrected chi connectivity index (χ2v) is 6.30. The summed E-state index contributed by atoms with van der Waals surface area (Å²) < 4.78 is 5.19. The minimum atomic E-state index is -0.250. The Kier molecular flexibility index (Phi) is 8.75. The van der Waals surface area contributed by atoms with Crippen LogP contribution in [0.5, 0.6) is 5.75 Å². The van der Waals surface area contributed by atoms with Crippen LogP contribution in [0, 0.1) is 0 Å². The first kappa shape index (κ1) is 21.2. The lowest BCUT2D eigenvalue weighted by molar-refractivity contribution is -0.127. The van der Waals surface area contributed by atoms with E-state index in [9.17, 15) is 4.79 Å². The third-order valence-electron chi connectivity index (χ3n) is 4.47. The van der Waals surface area contributed by atoms with Crippen molar-refractivity contribution < 1.29 is 19.4 Å². The second-order valence-electron chi connectivity index (χ2n) is 6.30. The van der Waals surface area contributed by atoms with E-state index in [0.717, 1.165) is 44.0 Å². The van der Waals surface area contributed by atoms with Gasteiger partial charge in [0, 0.05) is 38.8 Å². The number of nitrogens with zero attached hydrogens (tertiary/aromatic N) is 2. The van der Waals surface area contributed by atoms with E-state index in [-0.39, 0.29) is 12.4 Å². The summed E-state index contributed by atoms with van der Waals surface area (Å²) in [5.74, 6) is 0.970. The molecule has 2 aromatic rings. The fraction of sp³-hybridized carbons (Fsp3) is 0.273. The minimum absolute atomic E-state index is 0.0907. The van der Waals surface area contributed by atoms with Gasteiger partial charge in [-0.15, -0.1) is 0 Å². The molecule has 3 rings (SSSR count). The third kappa shape index (κ3) is 6.89. The summed E-state index contributed by atoms with van der Waals surface area (Å²) in [5, 5.41) is 6.89. The van der Waals surface area contributed by atoms with Gasteiger partial charge in [0.05, 0.1) is 7.11 Å². The van der Waals surface area contributed by atoms with Crippen molar-refractivity contribution in [3.63, 3.8) is 0 Å². The molecular formula is C22H26N2O4. The topological polar surface area (TPSA) is 70.1 Å². The molecule has 0 atom stereocenters. The third-order valence-corrected chi connectivity index (χ3v) is 4.47. The molecule has 1 fully saturated rings. The average molecular weight is 382 g/mol. The molecule has 28 heavy (non-hydrogen) atoms. The molecule has 2 aromatic carbocycles. The zero-order valence-electron chi connectivity index (χ0n) is 16.0. The van der Waals surface area contributed by atoms with Crippen LogP contribution in [0.1, 0.15) is 11.1 Å². The molecule has 1 N–H and O–H groups in total. The standard InChI is InChI=1S/C21H24N2O2.CH2O2/c1-25-20-10-7-19(8-11-20)17-22-13-15-23(16-14-22)21(24)12-9-18-5-3-2-4-6-18;2-1-3/h2-12H,13-17H2,1H3;1H,(H,2,3)/b12-9+;. The van der Waals surface area contributed by atoms with Gasteiger partial charge in [-0.2, -0.15) is 0 Å². The van der Waals surface area contributed by atoms with Crippen molar-refractivity contribution in [1.29, 1.82) is 0 Å². The fourth-order valence-corrected chi connectivity index (χ4v) is 2.95. The lowest BCUT2D eigenvalue weighted by Gasteiger charge is -2.34. The molecule has 1 saturated heterocycles. The molecule has 6 nitrogen and oxygen atoms in total. The van der Waals surface area contributed by atoms with Crippen LogP contribution >= 0.6 is 0 Å². The largest absolute Gasteiger partial charge is 0.497 e. The molecule has 0 aromatic heterocycles. The lowest BCUT2D eigenvalue weighted by atomic mass is 10.2. The first-order valence-electron chi connectivity index (χ1n) is 9.11. The van der Waals surface area contributed by atoms with Crippen LogP contribution in [0.3, 0.4) is 0 Å². The molecule has 148 valence electrons. The van der Waals surface area contributed by atoms with Gasteiger partial charge in [-0.1, -0.05) is 42.5 Å². The highest BCUT2D eigenvalue weighted by molar-refractivity contribution is 5.91. The highest BCUT2D eigenvalue weighted by Gasteiger charge is 2.19. The van der Waals surface area contributed by atoms with Crippen LogP contribution in [0.15, 0.2) is 60.7 Å². The molecular weight excluding hydrogens is 356 g/mol. The summed E-state index contributed by atoms with van der Waals surface area (Å²) >= 11 is 0. The molecule has 6 heteroatoms. The summed E-state index contributed by atoms with van der Waals surface area (Å²) in [7, 11) is 1.68. The number of rotatable bonds is 5. The number of carbonyl (C=O) groups excluding carboxylic acids is 1. The van der Waals surface area contributed by atoms with Crippen LogP contribution in [0.25, 0.3) is 6.08 Å². The molecule has 0 aliphatic carbocycles. The van der Waals surface area contributed by atoms with Crippen molar-refractivity contribution in [2.24, 2.45) is 0 Å². The molecule has 0 unspecified atom stereocenters. The van der Waals surface area contributed by atoms with E-state index in [1.54, 1.807) is 13.2 Å². The highest BCUT2D eigenvalue weighted by atomic mass is 16.5. The monoisotopic (exact) mass is 382 g/mol. The Balaban J connectivity index is 0.000000878. The van der Waals surface area contributed by atoms with Crippen LogP contribution in [-0.4, -0.2) is 60.6 Å². The summed E-state index contributed by atoms with van der Waals surface area (Å²) in [4.78, 5) is 25.0. The van der Waals surface area contributed by atoms with Gasteiger partial charge >= 0.3 is 0 Å². The number of methoxy groups -OCH3 is 1. The van der Waals surface area contributed by atoms with E-state index < -0.39 is 0 Å². The number of amides is 1. The smallest absolute Gasteiger partial charge is 0.290 e. The Bertz CT molecular complexity index is 752. The number of carbonyl (C=O) groups is 2. The van der Waals surface area contributed by atoms with Crippen LogP contribution in [0.4, 0.5) is 0 Å². The second kappa shape index (κ2) is 11.6. The van der Waals surface area contributed by atoms with E-state index in [2.05, 4.69) is 17.0 Å². The van der Waals surface area contributed by atoms with Crippen molar-refractivity contribution in [2.75, 3.05) is 33.3 Å². The molecule has 1 aliphatic heterocycles. The van der Waals surface area contributed by atoms with E-state index in [4.69, 9.17) is 14.6 Å². The molecule has 1 heterocycles. The summed E-state index contributed by atoms with van der Waals surface area (Å²) in [6.07, 6.45) is 3.56. The molecule has 0 bridgehead atoms. The fourth-order valence-electron chi connectivity index (χ4n) is 2.95. The number of hydrogen-bond acceptors (Lipinski definition) is 4. The van der Waals surface area contributed by atoms with E-state index in [1.807, 2.05) is 53.4 Å². The van der Waals surface area contributed by atoms with Crippen molar-refractivity contribution in [3.8, 4) is 5.75 Å². The molecule has 0 saturated carbocycles.